The van der Waals surface area contributed by atoms with Crippen molar-refractivity contribution in [3.63, 3.8) is 0 Å². The summed E-state index contributed by atoms with van der Waals surface area (Å²) in [4.78, 5) is 0. The summed E-state index contributed by atoms with van der Waals surface area (Å²) in [7, 11) is 0. The van der Waals surface area contributed by atoms with Gasteiger partial charge in [0, 0.05) is 43.7 Å². The van der Waals surface area contributed by atoms with Crippen LogP contribution in [-0.2, 0) is 0 Å². The Bertz CT molecular complexity index is 4230. The highest BCUT2D eigenvalue weighted by Crippen LogP contribution is 2.42. The quantitative estimate of drug-likeness (QED) is 0.156. The van der Waals surface area contributed by atoms with E-state index in [2.05, 4.69) is 252 Å². The molecular formula is C66H42N2O. The van der Waals surface area contributed by atoms with Crippen molar-refractivity contribution < 1.29 is 4.42 Å². The van der Waals surface area contributed by atoms with Crippen LogP contribution in [0.15, 0.2) is 259 Å². The summed E-state index contributed by atoms with van der Waals surface area (Å²) in [5.41, 5.74) is 20.6. The summed E-state index contributed by atoms with van der Waals surface area (Å²) in [6.07, 6.45) is 0. The maximum atomic E-state index is 6.23. The van der Waals surface area contributed by atoms with Crippen molar-refractivity contribution >= 4 is 65.6 Å². The number of para-hydroxylation sites is 2. The van der Waals surface area contributed by atoms with E-state index in [0.29, 0.717) is 0 Å². The molecule has 3 heteroatoms. The number of aromatic nitrogens is 2. The van der Waals surface area contributed by atoms with Gasteiger partial charge in [0.2, 0.25) is 0 Å². The maximum absolute atomic E-state index is 6.23. The van der Waals surface area contributed by atoms with E-state index in [0.717, 1.165) is 33.3 Å². The molecule has 0 spiro atoms. The largest absolute Gasteiger partial charge is 0.456 e. The fourth-order valence-electron chi connectivity index (χ4n) is 10.8. The Hall–Kier alpha value is -9.18. The highest BCUT2D eigenvalue weighted by Gasteiger charge is 2.19. The molecule has 3 aromatic heterocycles. The van der Waals surface area contributed by atoms with Gasteiger partial charge in [-0.3, -0.25) is 0 Å². The van der Waals surface area contributed by atoms with Gasteiger partial charge in [0.05, 0.1) is 22.1 Å². The summed E-state index contributed by atoms with van der Waals surface area (Å²) < 4.78 is 11.1. The van der Waals surface area contributed by atoms with Crippen LogP contribution >= 0.6 is 0 Å². The van der Waals surface area contributed by atoms with Gasteiger partial charge in [-0.2, -0.15) is 0 Å². The highest BCUT2D eigenvalue weighted by molar-refractivity contribution is 6.14. The van der Waals surface area contributed by atoms with E-state index >= 15 is 0 Å². The standard InChI is InChI=1S/C66H42N2O/c1-4-15-43(16-5-1)47-27-31-63-58(39-47)59-41-49(48-28-32-62-57(40-48)55-23-10-12-25-61(55)68(62)54-30-34-66-60(42-54)56-24-11-13-26-65(56)69-66)29-33-64(59)67(63)53-22-14-21-46(38-53)52-36-50(44-17-6-2-7-18-44)35-51(37-52)45-19-8-3-9-20-45/h1-42H. The molecule has 0 saturated carbocycles. The van der Waals surface area contributed by atoms with Crippen molar-refractivity contribution in [1.82, 2.24) is 9.13 Å². The van der Waals surface area contributed by atoms with E-state index in [1.165, 1.54) is 99.2 Å². The van der Waals surface area contributed by atoms with Crippen LogP contribution in [-0.4, -0.2) is 9.13 Å². The van der Waals surface area contributed by atoms with Crippen molar-refractivity contribution in [2.24, 2.45) is 0 Å². The molecular weight excluding hydrogens is 837 g/mol. The van der Waals surface area contributed by atoms with Crippen LogP contribution in [0.25, 0.3) is 133 Å². The molecule has 322 valence electrons. The van der Waals surface area contributed by atoms with Crippen molar-refractivity contribution in [1.29, 1.82) is 0 Å². The lowest BCUT2D eigenvalue weighted by Gasteiger charge is -2.14. The van der Waals surface area contributed by atoms with Gasteiger partial charge in [-0.05, 0) is 153 Å². The SMILES string of the molecule is c1ccc(-c2cc(-c3ccccc3)cc(-c3cccc(-n4c5ccc(-c6ccccc6)cc5c5cc(-c6ccc7c(c6)c6ccccc6n7-c6ccc7oc8ccccc8c7c6)ccc54)c3)c2)cc1. The van der Waals surface area contributed by atoms with Crippen LogP contribution in [0.5, 0.6) is 0 Å². The second-order valence-corrected chi connectivity index (χ2v) is 18.1. The lowest BCUT2D eigenvalue weighted by molar-refractivity contribution is 0.669. The van der Waals surface area contributed by atoms with E-state index in [4.69, 9.17) is 4.42 Å². The van der Waals surface area contributed by atoms with Gasteiger partial charge in [0.25, 0.3) is 0 Å². The molecule has 14 aromatic rings. The number of hydrogen-bond donors (Lipinski definition) is 0. The van der Waals surface area contributed by atoms with Crippen molar-refractivity contribution in [2.45, 2.75) is 0 Å². The molecule has 11 aromatic carbocycles. The minimum Gasteiger partial charge on any atom is -0.456 e. The number of benzene rings is 11. The average Bonchev–Trinajstić information content (AvgIpc) is 4.08. The van der Waals surface area contributed by atoms with Gasteiger partial charge < -0.3 is 13.6 Å². The molecule has 0 aliphatic rings. The number of nitrogens with zero attached hydrogens (tertiary/aromatic N) is 2. The molecule has 0 atom stereocenters. The molecule has 69 heavy (non-hydrogen) atoms. The minimum atomic E-state index is 0.898. The second-order valence-electron chi connectivity index (χ2n) is 18.1. The topological polar surface area (TPSA) is 23.0 Å². The zero-order valence-electron chi connectivity index (χ0n) is 37.6. The molecule has 0 saturated heterocycles. The first kappa shape index (κ1) is 39.0. The fraction of sp³-hybridized carbons (Fsp3) is 0. The predicted octanol–water partition coefficient (Wildman–Crippen LogP) is 18.1. The summed E-state index contributed by atoms with van der Waals surface area (Å²) in [5, 5.41) is 7.13. The Morgan fingerprint density at radius 2 is 0.609 bits per heavy atom. The van der Waals surface area contributed by atoms with Crippen LogP contribution < -0.4 is 0 Å². The van der Waals surface area contributed by atoms with Crippen molar-refractivity contribution in [3.05, 3.63) is 255 Å². The molecule has 0 radical (unpaired) electrons. The van der Waals surface area contributed by atoms with Gasteiger partial charge in [0.15, 0.2) is 0 Å². The molecule has 0 aliphatic carbocycles. The number of rotatable bonds is 7. The predicted molar refractivity (Wildman–Crippen MR) is 290 cm³/mol. The number of hydrogen-bond acceptors (Lipinski definition) is 1. The lowest BCUT2D eigenvalue weighted by atomic mass is 9.93. The molecule has 0 bridgehead atoms. The van der Waals surface area contributed by atoms with E-state index in [1.54, 1.807) is 0 Å². The molecule has 3 heterocycles. The monoisotopic (exact) mass is 878 g/mol. The third kappa shape index (κ3) is 6.51. The summed E-state index contributed by atoms with van der Waals surface area (Å²) in [5.74, 6) is 0. The first-order valence-corrected chi connectivity index (χ1v) is 23.6. The fourth-order valence-corrected chi connectivity index (χ4v) is 10.8. The summed E-state index contributed by atoms with van der Waals surface area (Å²) in [6, 6.07) is 92.7. The zero-order chi connectivity index (χ0) is 45.4. The molecule has 3 nitrogen and oxygen atoms in total. The molecule has 0 aliphatic heterocycles. The van der Waals surface area contributed by atoms with Gasteiger partial charge >= 0.3 is 0 Å². The van der Waals surface area contributed by atoms with E-state index in [9.17, 15) is 0 Å². The van der Waals surface area contributed by atoms with Gasteiger partial charge in [-0.25, -0.2) is 0 Å². The van der Waals surface area contributed by atoms with Crippen LogP contribution in [0.1, 0.15) is 0 Å². The highest BCUT2D eigenvalue weighted by atomic mass is 16.3. The molecule has 0 N–H and O–H groups in total. The van der Waals surface area contributed by atoms with E-state index in [1.807, 2.05) is 12.1 Å². The van der Waals surface area contributed by atoms with Gasteiger partial charge in [-0.1, -0.05) is 158 Å². The molecule has 0 amide bonds. The molecule has 14 rings (SSSR count). The van der Waals surface area contributed by atoms with Crippen molar-refractivity contribution in [3.8, 4) is 67.0 Å². The summed E-state index contributed by atoms with van der Waals surface area (Å²) >= 11 is 0. The van der Waals surface area contributed by atoms with Crippen LogP contribution in [0, 0.1) is 0 Å². The summed E-state index contributed by atoms with van der Waals surface area (Å²) in [6.45, 7) is 0. The van der Waals surface area contributed by atoms with Gasteiger partial charge in [0.1, 0.15) is 11.2 Å². The van der Waals surface area contributed by atoms with Crippen molar-refractivity contribution in [2.75, 3.05) is 0 Å². The Morgan fingerprint density at radius 1 is 0.203 bits per heavy atom. The molecule has 0 fully saturated rings. The lowest BCUT2D eigenvalue weighted by Crippen LogP contribution is -1.95. The third-order valence-corrected chi connectivity index (χ3v) is 14.1. The van der Waals surface area contributed by atoms with E-state index < -0.39 is 0 Å². The van der Waals surface area contributed by atoms with Crippen LogP contribution in [0.2, 0.25) is 0 Å². The Kier molecular flexibility index (Phi) is 8.90. The van der Waals surface area contributed by atoms with Crippen LogP contribution in [0.3, 0.4) is 0 Å². The van der Waals surface area contributed by atoms with Gasteiger partial charge in [-0.15, -0.1) is 0 Å². The minimum absolute atomic E-state index is 0.898. The Labute approximate surface area is 399 Å². The van der Waals surface area contributed by atoms with E-state index in [-0.39, 0.29) is 0 Å². The number of fused-ring (bicyclic) bond motifs is 9. The zero-order valence-corrected chi connectivity index (χ0v) is 37.6. The Balaban J connectivity index is 0.928. The first-order valence-electron chi connectivity index (χ1n) is 23.6. The van der Waals surface area contributed by atoms with Crippen LogP contribution in [0.4, 0.5) is 0 Å². The number of furan rings is 1. The maximum Gasteiger partial charge on any atom is 0.135 e. The average molecular weight is 879 g/mol. The third-order valence-electron chi connectivity index (χ3n) is 14.1. The smallest absolute Gasteiger partial charge is 0.135 e. The second kappa shape index (κ2) is 15.7. The first-order chi connectivity index (χ1) is 34.2. The molecule has 0 unspecified atom stereocenters. The normalized spacial score (nSPS) is 11.8. The Morgan fingerprint density at radius 3 is 1.20 bits per heavy atom.